The Kier molecular flexibility index (Phi) is 5.97. The van der Waals surface area contributed by atoms with E-state index in [4.69, 9.17) is 11.6 Å². The number of halogens is 4. The molecule has 102 valence electrons. The Hall–Kier alpha value is -1.43. The number of benzene rings is 1. The van der Waals surface area contributed by atoms with Crippen molar-refractivity contribution >= 4 is 17.7 Å². The van der Waals surface area contributed by atoms with Crippen molar-refractivity contribution in [2.45, 2.75) is 20.5 Å². The third-order valence-corrected chi connectivity index (χ3v) is 2.10. The number of hydrogen-bond donors (Lipinski definition) is 1. The first-order chi connectivity index (χ1) is 7.84. The van der Waals surface area contributed by atoms with Crippen molar-refractivity contribution in [1.29, 1.82) is 0 Å². The molecular formula is C11H13ClF3NO2. The van der Waals surface area contributed by atoms with Crippen molar-refractivity contribution in [3.05, 3.63) is 28.8 Å². The van der Waals surface area contributed by atoms with Gasteiger partial charge in [0, 0.05) is 6.54 Å². The topological polar surface area (TPSA) is 38.3 Å². The summed E-state index contributed by atoms with van der Waals surface area (Å²) in [5.74, 6) is -0.215. The van der Waals surface area contributed by atoms with E-state index < -0.39 is 22.9 Å². The van der Waals surface area contributed by atoms with Crippen LogP contribution < -0.4 is 10.1 Å². The van der Waals surface area contributed by atoms with E-state index in [-0.39, 0.29) is 13.2 Å². The smallest absolute Gasteiger partial charge is 0.410 e. The third-order valence-electron chi connectivity index (χ3n) is 1.77. The molecule has 0 spiro atoms. The van der Waals surface area contributed by atoms with Crippen LogP contribution >= 0.6 is 11.6 Å². The zero-order chi connectivity index (χ0) is 13.1. The van der Waals surface area contributed by atoms with Gasteiger partial charge in [-0.25, -0.2) is 4.79 Å². The van der Waals surface area contributed by atoms with Crippen LogP contribution in [-0.2, 0) is 6.18 Å². The fraction of sp³-hybridized carbons (Fsp3) is 0.364. The zero-order valence-corrected chi connectivity index (χ0v) is 9.52. The van der Waals surface area contributed by atoms with Crippen LogP contribution in [0, 0.1) is 0 Å². The van der Waals surface area contributed by atoms with Crippen LogP contribution in [0.25, 0.3) is 0 Å². The van der Waals surface area contributed by atoms with Gasteiger partial charge in [-0.15, -0.1) is 0 Å². The second-order valence-electron chi connectivity index (χ2n) is 3.06. The molecule has 3 nitrogen and oxygen atoms in total. The highest BCUT2D eigenvalue weighted by Gasteiger charge is 2.33. The molecular weight excluding hydrogens is 271 g/mol. The number of ether oxygens (including phenoxy) is 1. The molecule has 0 saturated heterocycles. The average molecular weight is 284 g/mol. The van der Waals surface area contributed by atoms with E-state index in [2.05, 4.69) is 10.1 Å². The van der Waals surface area contributed by atoms with Gasteiger partial charge in [0.1, 0.15) is 5.75 Å². The fourth-order valence-corrected chi connectivity index (χ4v) is 1.30. The van der Waals surface area contributed by atoms with Gasteiger partial charge >= 0.3 is 12.3 Å². The molecule has 0 unspecified atom stereocenters. The van der Waals surface area contributed by atoms with E-state index in [1.165, 1.54) is 6.07 Å². The maximum Gasteiger partial charge on any atom is 0.417 e. The summed E-state index contributed by atoms with van der Waals surface area (Å²) in [6, 6.07) is 2.89. The SMILES string of the molecule is C.CCNC(=O)Oc1ccc(Cl)c(C(F)(F)F)c1. The van der Waals surface area contributed by atoms with E-state index in [1.54, 1.807) is 6.92 Å². The molecule has 1 N–H and O–H groups in total. The number of amides is 1. The molecule has 18 heavy (non-hydrogen) atoms. The lowest BCUT2D eigenvalue weighted by molar-refractivity contribution is -0.137. The summed E-state index contributed by atoms with van der Waals surface area (Å²) in [7, 11) is 0. The van der Waals surface area contributed by atoms with Crippen molar-refractivity contribution in [2.75, 3.05) is 6.54 Å². The molecule has 7 heteroatoms. The molecule has 1 aromatic rings. The highest BCUT2D eigenvalue weighted by atomic mass is 35.5. The van der Waals surface area contributed by atoms with E-state index in [9.17, 15) is 18.0 Å². The van der Waals surface area contributed by atoms with Gasteiger partial charge in [-0.3, -0.25) is 0 Å². The molecule has 0 aromatic heterocycles. The van der Waals surface area contributed by atoms with Gasteiger partial charge in [0.25, 0.3) is 0 Å². The van der Waals surface area contributed by atoms with Crippen LogP contribution in [0.4, 0.5) is 18.0 Å². The van der Waals surface area contributed by atoms with E-state index in [0.717, 1.165) is 6.07 Å². The maximum atomic E-state index is 12.5. The zero-order valence-electron chi connectivity index (χ0n) is 8.77. The first-order valence-corrected chi connectivity index (χ1v) is 5.04. The lowest BCUT2D eigenvalue weighted by atomic mass is 10.2. The Bertz CT molecular complexity index is 421. The Morgan fingerprint density at radius 2 is 2.06 bits per heavy atom. The first kappa shape index (κ1) is 16.6. The number of carbonyl (C=O) groups is 1. The molecule has 0 bridgehead atoms. The third kappa shape index (κ3) is 4.44. The predicted molar refractivity (Wildman–Crippen MR) is 62.9 cm³/mol. The summed E-state index contributed by atoms with van der Waals surface area (Å²) in [6.45, 7) is 1.98. The molecule has 0 aliphatic heterocycles. The summed E-state index contributed by atoms with van der Waals surface area (Å²) in [5, 5.41) is 1.85. The number of carbonyl (C=O) groups excluding carboxylic acids is 1. The Balaban J connectivity index is 0.00000289. The maximum absolute atomic E-state index is 12.5. The number of hydrogen-bond acceptors (Lipinski definition) is 2. The number of rotatable bonds is 2. The minimum atomic E-state index is -4.59. The minimum absolute atomic E-state index is 0. The molecule has 1 rings (SSSR count). The van der Waals surface area contributed by atoms with Gasteiger partial charge in [0.2, 0.25) is 0 Å². The monoisotopic (exact) mass is 283 g/mol. The highest BCUT2D eigenvalue weighted by Crippen LogP contribution is 2.36. The van der Waals surface area contributed by atoms with Gasteiger partial charge in [-0.05, 0) is 25.1 Å². The van der Waals surface area contributed by atoms with Gasteiger partial charge in [0.05, 0.1) is 10.6 Å². The van der Waals surface area contributed by atoms with Crippen molar-refractivity contribution in [2.24, 2.45) is 0 Å². The summed E-state index contributed by atoms with van der Waals surface area (Å²) in [4.78, 5) is 11.0. The number of alkyl halides is 3. The van der Waals surface area contributed by atoms with Crippen molar-refractivity contribution < 1.29 is 22.7 Å². The Labute approximate surface area is 108 Å². The normalized spacial score (nSPS) is 10.5. The van der Waals surface area contributed by atoms with E-state index in [1.807, 2.05) is 0 Å². The molecule has 1 amide bonds. The molecule has 0 fully saturated rings. The van der Waals surface area contributed by atoms with Gasteiger partial charge in [-0.1, -0.05) is 19.0 Å². The van der Waals surface area contributed by atoms with Crippen LogP contribution in [0.15, 0.2) is 18.2 Å². The standard InChI is InChI=1S/C10H9ClF3NO2.CH4/c1-2-15-9(16)17-6-3-4-8(11)7(5-6)10(12,13)14;/h3-5H,2H2,1H3,(H,15,16);1H4. The van der Waals surface area contributed by atoms with Crippen LogP contribution in [0.3, 0.4) is 0 Å². The Morgan fingerprint density at radius 3 is 2.56 bits per heavy atom. The summed E-state index contributed by atoms with van der Waals surface area (Å²) in [6.07, 6.45) is -5.40. The average Bonchev–Trinajstić information content (AvgIpc) is 2.19. The van der Waals surface area contributed by atoms with Crippen molar-refractivity contribution in [1.82, 2.24) is 5.32 Å². The van der Waals surface area contributed by atoms with Crippen LogP contribution in [0.1, 0.15) is 19.9 Å². The Morgan fingerprint density at radius 1 is 1.44 bits per heavy atom. The van der Waals surface area contributed by atoms with Crippen molar-refractivity contribution in [3.8, 4) is 5.75 Å². The predicted octanol–water partition coefficient (Wildman–Crippen LogP) is 4.10. The molecule has 1 aromatic carbocycles. The lowest BCUT2D eigenvalue weighted by Crippen LogP contribution is -2.26. The van der Waals surface area contributed by atoms with Gasteiger partial charge in [-0.2, -0.15) is 13.2 Å². The molecule has 0 aliphatic rings. The first-order valence-electron chi connectivity index (χ1n) is 4.67. The van der Waals surface area contributed by atoms with Gasteiger partial charge in [0.15, 0.2) is 0 Å². The van der Waals surface area contributed by atoms with Crippen LogP contribution in [0.2, 0.25) is 5.02 Å². The van der Waals surface area contributed by atoms with Crippen LogP contribution in [-0.4, -0.2) is 12.6 Å². The second kappa shape index (κ2) is 6.49. The quantitative estimate of drug-likeness (QED) is 0.887. The second-order valence-corrected chi connectivity index (χ2v) is 3.47. The summed E-state index contributed by atoms with van der Waals surface area (Å²) < 4.78 is 42.1. The summed E-state index contributed by atoms with van der Waals surface area (Å²) >= 11 is 5.40. The van der Waals surface area contributed by atoms with Crippen LogP contribution in [0.5, 0.6) is 5.75 Å². The highest BCUT2D eigenvalue weighted by molar-refractivity contribution is 6.31. The number of nitrogens with one attached hydrogen (secondary N) is 1. The van der Waals surface area contributed by atoms with E-state index in [0.29, 0.717) is 12.6 Å². The van der Waals surface area contributed by atoms with E-state index >= 15 is 0 Å². The largest absolute Gasteiger partial charge is 0.417 e. The fourth-order valence-electron chi connectivity index (χ4n) is 1.07. The molecule has 0 saturated carbocycles. The minimum Gasteiger partial charge on any atom is -0.410 e. The lowest BCUT2D eigenvalue weighted by Gasteiger charge is -2.11. The molecule has 0 radical (unpaired) electrons. The van der Waals surface area contributed by atoms with Gasteiger partial charge < -0.3 is 10.1 Å². The molecule has 0 aliphatic carbocycles. The molecule has 0 atom stereocenters. The van der Waals surface area contributed by atoms with Crippen molar-refractivity contribution in [3.63, 3.8) is 0 Å². The molecule has 0 heterocycles. The summed E-state index contributed by atoms with van der Waals surface area (Å²) in [5.41, 5.74) is -1.04.